The van der Waals surface area contributed by atoms with Crippen molar-refractivity contribution in [2.24, 2.45) is 0 Å². The molecule has 3 rings (SSSR count). The summed E-state index contributed by atoms with van der Waals surface area (Å²) in [6.45, 7) is 4.31. The number of carbonyl (C=O) groups excluding carboxylic acids is 3. The zero-order valence-electron chi connectivity index (χ0n) is 19.4. The number of amides is 2. The number of benzene rings is 2. The lowest BCUT2D eigenvalue weighted by atomic mass is 9.93. The molecule has 0 aromatic heterocycles. The standard InChI is InChI=1S/C25H32N2O5S/c1-4-32-25(30)21(15-33)26-23(28)22-7-5-6-12-27(22)24(29)16(2)17-8-9-19-14-20(31-3)11-10-18(19)13-17/h8-11,13-14,16,21-22,33H,4-7,12,15H2,1-3H3,(H,26,28). The molecule has 1 N–H and O–H groups in total. The van der Waals surface area contributed by atoms with E-state index >= 15 is 0 Å². The molecule has 1 aliphatic heterocycles. The Morgan fingerprint density at radius 3 is 2.58 bits per heavy atom. The van der Waals surface area contributed by atoms with Gasteiger partial charge in [0.15, 0.2) is 0 Å². The minimum absolute atomic E-state index is 0.0960. The number of thiol groups is 1. The van der Waals surface area contributed by atoms with Crippen LogP contribution in [0.5, 0.6) is 5.75 Å². The molecule has 0 bridgehead atoms. The highest BCUT2D eigenvalue weighted by atomic mass is 32.1. The largest absolute Gasteiger partial charge is 0.497 e. The molecular formula is C25H32N2O5S. The summed E-state index contributed by atoms with van der Waals surface area (Å²) in [4.78, 5) is 40.2. The quantitative estimate of drug-likeness (QED) is 0.455. The van der Waals surface area contributed by atoms with Gasteiger partial charge in [0.1, 0.15) is 17.8 Å². The van der Waals surface area contributed by atoms with Crippen molar-refractivity contribution < 1.29 is 23.9 Å². The van der Waals surface area contributed by atoms with E-state index in [0.717, 1.165) is 34.9 Å². The van der Waals surface area contributed by atoms with Gasteiger partial charge >= 0.3 is 5.97 Å². The summed E-state index contributed by atoms with van der Waals surface area (Å²) in [5.41, 5.74) is 0.891. The number of hydrogen-bond donors (Lipinski definition) is 2. The second-order valence-electron chi connectivity index (χ2n) is 8.23. The molecular weight excluding hydrogens is 440 g/mol. The maximum absolute atomic E-state index is 13.5. The molecule has 0 saturated carbocycles. The van der Waals surface area contributed by atoms with Crippen LogP contribution in [0.2, 0.25) is 0 Å². The lowest BCUT2D eigenvalue weighted by Gasteiger charge is -2.37. The van der Waals surface area contributed by atoms with Crippen LogP contribution in [0.1, 0.15) is 44.6 Å². The van der Waals surface area contributed by atoms with Gasteiger partial charge in [0, 0.05) is 12.3 Å². The predicted molar refractivity (Wildman–Crippen MR) is 131 cm³/mol. The molecule has 1 aliphatic rings. The van der Waals surface area contributed by atoms with Gasteiger partial charge in [-0.3, -0.25) is 9.59 Å². The Morgan fingerprint density at radius 1 is 1.15 bits per heavy atom. The lowest BCUT2D eigenvalue weighted by molar-refractivity contribution is -0.148. The molecule has 1 heterocycles. The fourth-order valence-corrected chi connectivity index (χ4v) is 4.43. The summed E-state index contributed by atoms with van der Waals surface area (Å²) < 4.78 is 10.3. The van der Waals surface area contributed by atoms with Crippen molar-refractivity contribution in [2.45, 2.75) is 51.1 Å². The van der Waals surface area contributed by atoms with Gasteiger partial charge in [0.05, 0.1) is 19.6 Å². The van der Waals surface area contributed by atoms with E-state index in [-0.39, 0.29) is 24.2 Å². The number of hydrogen-bond acceptors (Lipinski definition) is 6. The van der Waals surface area contributed by atoms with E-state index < -0.39 is 24.0 Å². The number of likely N-dealkylation sites (tertiary alicyclic amines) is 1. The van der Waals surface area contributed by atoms with Gasteiger partial charge in [-0.1, -0.05) is 24.3 Å². The summed E-state index contributed by atoms with van der Waals surface area (Å²) in [6.07, 6.45) is 2.25. The van der Waals surface area contributed by atoms with E-state index in [2.05, 4.69) is 17.9 Å². The number of carbonyl (C=O) groups is 3. The van der Waals surface area contributed by atoms with Gasteiger partial charge in [-0.05, 0) is 61.6 Å². The number of fused-ring (bicyclic) bond motifs is 1. The Labute approximate surface area is 200 Å². The van der Waals surface area contributed by atoms with Crippen LogP contribution >= 0.6 is 12.6 Å². The lowest BCUT2D eigenvalue weighted by Crippen LogP contribution is -2.56. The molecule has 1 saturated heterocycles. The fraction of sp³-hybridized carbons (Fsp3) is 0.480. The first-order chi connectivity index (χ1) is 15.9. The van der Waals surface area contributed by atoms with Crippen LogP contribution in [0.3, 0.4) is 0 Å². The Hall–Kier alpha value is -2.74. The highest BCUT2D eigenvalue weighted by Gasteiger charge is 2.36. The maximum atomic E-state index is 13.5. The Balaban J connectivity index is 1.76. The number of nitrogens with one attached hydrogen (secondary N) is 1. The second kappa shape index (κ2) is 11.4. The number of methoxy groups -OCH3 is 1. The maximum Gasteiger partial charge on any atom is 0.329 e. The smallest absolute Gasteiger partial charge is 0.329 e. The van der Waals surface area contributed by atoms with Crippen molar-refractivity contribution in [1.29, 1.82) is 0 Å². The number of piperidine rings is 1. The van der Waals surface area contributed by atoms with E-state index in [1.165, 1.54) is 0 Å². The van der Waals surface area contributed by atoms with Gasteiger partial charge in [0.25, 0.3) is 0 Å². The van der Waals surface area contributed by atoms with Crippen LogP contribution in [0.25, 0.3) is 10.8 Å². The zero-order valence-corrected chi connectivity index (χ0v) is 20.3. The van der Waals surface area contributed by atoms with E-state index in [9.17, 15) is 14.4 Å². The molecule has 2 aromatic carbocycles. The van der Waals surface area contributed by atoms with Gasteiger partial charge in [-0.25, -0.2) is 4.79 Å². The highest BCUT2D eigenvalue weighted by molar-refractivity contribution is 7.80. The molecule has 0 aliphatic carbocycles. The summed E-state index contributed by atoms with van der Waals surface area (Å²) >= 11 is 4.17. The van der Waals surface area contributed by atoms with Gasteiger partial charge in [0.2, 0.25) is 11.8 Å². The van der Waals surface area contributed by atoms with Crippen LogP contribution in [0, 0.1) is 0 Å². The van der Waals surface area contributed by atoms with Crippen LogP contribution in [0.15, 0.2) is 36.4 Å². The molecule has 1 fully saturated rings. The molecule has 2 aromatic rings. The zero-order chi connectivity index (χ0) is 24.0. The summed E-state index contributed by atoms with van der Waals surface area (Å²) in [6, 6.07) is 10.3. The fourth-order valence-electron chi connectivity index (χ4n) is 4.19. The second-order valence-corrected chi connectivity index (χ2v) is 8.60. The number of esters is 1. The van der Waals surface area contributed by atoms with Crippen LogP contribution in [0.4, 0.5) is 0 Å². The molecule has 0 radical (unpaired) electrons. The average Bonchev–Trinajstić information content (AvgIpc) is 2.85. The first-order valence-electron chi connectivity index (χ1n) is 11.4. The van der Waals surface area contributed by atoms with Crippen molar-refractivity contribution in [3.8, 4) is 5.75 Å². The predicted octanol–water partition coefficient (Wildman–Crippen LogP) is 3.31. The third kappa shape index (κ3) is 5.79. The van der Waals surface area contributed by atoms with Gasteiger partial charge in [-0.2, -0.15) is 12.6 Å². The van der Waals surface area contributed by atoms with Crippen molar-refractivity contribution in [2.75, 3.05) is 26.0 Å². The molecule has 33 heavy (non-hydrogen) atoms. The molecule has 7 nitrogen and oxygen atoms in total. The molecule has 178 valence electrons. The SMILES string of the molecule is CCOC(=O)C(CS)NC(=O)C1CCCCN1C(=O)C(C)c1ccc2cc(OC)ccc2c1. The molecule has 8 heteroatoms. The molecule has 2 amide bonds. The van der Waals surface area contributed by atoms with Crippen LogP contribution < -0.4 is 10.1 Å². The van der Waals surface area contributed by atoms with E-state index in [1.54, 1.807) is 18.9 Å². The third-order valence-corrected chi connectivity index (χ3v) is 6.47. The summed E-state index contributed by atoms with van der Waals surface area (Å²) in [5.74, 6) is -0.451. The van der Waals surface area contributed by atoms with E-state index in [1.807, 2.05) is 43.3 Å². The Bertz CT molecular complexity index is 1010. The third-order valence-electron chi connectivity index (χ3n) is 6.10. The highest BCUT2D eigenvalue weighted by Crippen LogP contribution is 2.28. The normalized spacial score (nSPS) is 17.8. The molecule has 3 unspecified atom stereocenters. The minimum Gasteiger partial charge on any atom is -0.497 e. The first kappa shape index (κ1) is 24.9. The van der Waals surface area contributed by atoms with Crippen LogP contribution in [-0.4, -0.2) is 60.8 Å². The molecule has 3 atom stereocenters. The summed E-state index contributed by atoms with van der Waals surface area (Å²) in [5, 5.41) is 4.78. The topological polar surface area (TPSA) is 84.9 Å². The van der Waals surface area contributed by atoms with E-state index in [4.69, 9.17) is 9.47 Å². The Morgan fingerprint density at radius 2 is 1.88 bits per heavy atom. The van der Waals surface area contributed by atoms with Crippen molar-refractivity contribution in [1.82, 2.24) is 10.2 Å². The monoisotopic (exact) mass is 472 g/mol. The van der Waals surface area contributed by atoms with Crippen molar-refractivity contribution >= 4 is 41.2 Å². The van der Waals surface area contributed by atoms with Crippen molar-refractivity contribution in [3.05, 3.63) is 42.0 Å². The number of nitrogens with zero attached hydrogens (tertiary/aromatic N) is 1. The Kier molecular flexibility index (Phi) is 8.61. The van der Waals surface area contributed by atoms with Gasteiger partial charge in [-0.15, -0.1) is 0 Å². The van der Waals surface area contributed by atoms with Crippen molar-refractivity contribution in [3.63, 3.8) is 0 Å². The van der Waals surface area contributed by atoms with Gasteiger partial charge < -0.3 is 19.7 Å². The van der Waals surface area contributed by atoms with E-state index in [0.29, 0.717) is 13.0 Å². The van der Waals surface area contributed by atoms with Crippen LogP contribution in [-0.2, 0) is 19.1 Å². The molecule has 0 spiro atoms. The number of rotatable bonds is 8. The average molecular weight is 473 g/mol. The first-order valence-corrected chi connectivity index (χ1v) is 12.0. The summed E-state index contributed by atoms with van der Waals surface area (Å²) in [7, 11) is 1.63. The number of ether oxygens (including phenoxy) is 2. The minimum atomic E-state index is -0.838.